The van der Waals surface area contributed by atoms with E-state index in [0.717, 1.165) is 0 Å². The monoisotopic (exact) mass is 180 g/mol. The van der Waals surface area contributed by atoms with Crippen LogP contribution in [-0.4, -0.2) is 9.97 Å². The Labute approximate surface area is 66.0 Å². The van der Waals surface area contributed by atoms with E-state index in [2.05, 4.69) is 9.97 Å². The van der Waals surface area contributed by atoms with E-state index >= 15 is 0 Å². The quantitative estimate of drug-likeness (QED) is 0.452. The van der Waals surface area contributed by atoms with Crippen LogP contribution >= 0.6 is 23.2 Å². The fourth-order valence-corrected chi connectivity index (χ4v) is 0.637. The molecule has 1 aromatic heterocycles. The molecule has 0 atom stereocenters. The van der Waals surface area contributed by atoms with Crippen LogP contribution in [0.25, 0.3) is 0 Å². The van der Waals surface area contributed by atoms with Gasteiger partial charge in [0, 0.05) is 0 Å². The van der Waals surface area contributed by atoms with Crippen LogP contribution < -0.4 is 5.73 Å². The van der Waals surface area contributed by atoms with E-state index in [4.69, 9.17) is 28.9 Å². The van der Waals surface area contributed by atoms with E-state index < -0.39 is 16.8 Å². The van der Waals surface area contributed by atoms with Gasteiger partial charge in [-0.1, -0.05) is 11.6 Å². The van der Waals surface area contributed by atoms with Gasteiger partial charge in [-0.3, -0.25) is 5.73 Å². The zero-order chi connectivity index (χ0) is 7.72. The smallest absolute Gasteiger partial charge is 0.238 e. The third-order valence-corrected chi connectivity index (χ3v) is 1.29. The van der Waals surface area contributed by atoms with E-state index in [0.29, 0.717) is 0 Å². The first-order chi connectivity index (χ1) is 4.61. The van der Waals surface area contributed by atoms with E-state index in [9.17, 15) is 4.39 Å². The highest BCUT2D eigenvalue weighted by Crippen LogP contribution is 2.20. The van der Waals surface area contributed by atoms with Crippen molar-refractivity contribution in [1.29, 1.82) is 0 Å². The van der Waals surface area contributed by atoms with Crippen molar-refractivity contribution < 1.29 is 4.39 Å². The first-order valence-electron chi connectivity index (χ1n) is 2.21. The number of rotatable bonds is 0. The highest BCUT2D eigenvalue weighted by molar-refractivity contribution is 6.33. The average molecular weight is 181 g/mol. The molecule has 0 unspecified atom stereocenters. The maximum atomic E-state index is 12.4. The first kappa shape index (κ1) is 7.50. The second-order valence-corrected chi connectivity index (χ2v) is 2.16. The summed E-state index contributed by atoms with van der Waals surface area (Å²) in [6, 6.07) is 0. The van der Waals surface area contributed by atoms with Gasteiger partial charge in [-0.05, 0) is 11.6 Å². The van der Waals surface area contributed by atoms with E-state index in [1.165, 1.54) is 0 Å². The van der Waals surface area contributed by atoms with Crippen molar-refractivity contribution in [2.75, 3.05) is 0 Å². The Morgan fingerprint density at radius 2 is 1.90 bits per heavy atom. The number of hydrogen-bond acceptors (Lipinski definition) is 2. The molecule has 1 N–H and O–H groups in total. The molecule has 53 valence electrons. The fourth-order valence-electron chi connectivity index (χ4n) is 0.394. The van der Waals surface area contributed by atoms with E-state index in [-0.39, 0.29) is 5.28 Å². The Morgan fingerprint density at radius 1 is 1.30 bits per heavy atom. The number of hydrogen-bond donors (Lipinski definition) is 0. The lowest BCUT2D eigenvalue weighted by Crippen LogP contribution is -1.90. The third kappa shape index (κ3) is 1.27. The molecule has 3 nitrogen and oxygen atoms in total. The van der Waals surface area contributed by atoms with Crippen molar-refractivity contribution in [2.45, 2.75) is 0 Å². The molecular weight excluding hydrogens is 180 g/mol. The summed E-state index contributed by atoms with van der Waals surface area (Å²) in [4.78, 5) is 6.35. The molecule has 0 amide bonds. The lowest BCUT2D eigenvalue weighted by molar-refractivity contribution is 0.580. The van der Waals surface area contributed by atoms with Gasteiger partial charge in [0.25, 0.3) is 0 Å². The molecule has 0 bridgehead atoms. The molecule has 0 aliphatic carbocycles. The molecule has 10 heavy (non-hydrogen) atoms. The molecule has 0 saturated heterocycles. The predicted octanol–water partition coefficient (Wildman–Crippen LogP) is 1.84. The Morgan fingerprint density at radius 3 is 2.40 bits per heavy atom. The molecule has 1 heterocycles. The molecule has 1 aromatic rings. The summed E-state index contributed by atoms with van der Waals surface area (Å²) in [5.74, 6) is -1.37. The van der Waals surface area contributed by atoms with Crippen LogP contribution in [0.2, 0.25) is 10.3 Å². The minimum Gasteiger partial charge on any atom is -0.281 e. The SMILES string of the molecule is [NH]c1nc(Cl)nc(F)c1Cl. The van der Waals surface area contributed by atoms with Crippen molar-refractivity contribution in [3.8, 4) is 0 Å². The van der Waals surface area contributed by atoms with Gasteiger partial charge in [-0.25, -0.2) is 0 Å². The largest absolute Gasteiger partial charge is 0.281 e. The van der Waals surface area contributed by atoms with Gasteiger partial charge in [0.05, 0.1) is 0 Å². The van der Waals surface area contributed by atoms with Crippen LogP contribution in [-0.2, 0) is 0 Å². The number of aromatic nitrogens is 2. The topological polar surface area (TPSA) is 49.6 Å². The lowest BCUT2D eigenvalue weighted by atomic mass is 10.6. The number of nitrogens with zero attached hydrogens (tertiary/aromatic N) is 2. The highest BCUT2D eigenvalue weighted by Gasteiger charge is 2.08. The summed E-state index contributed by atoms with van der Waals surface area (Å²) in [7, 11) is 0. The fraction of sp³-hybridized carbons (Fsp3) is 0. The van der Waals surface area contributed by atoms with Gasteiger partial charge < -0.3 is 0 Å². The normalized spacial score (nSPS) is 9.90. The Balaban J connectivity index is 3.31. The molecule has 0 fully saturated rings. The summed E-state index contributed by atoms with van der Waals surface area (Å²) < 4.78 is 12.4. The van der Waals surface area contributed by atoms with Crippen LogP contribution in [0.4, 0.5) is 10.2 Å². The predicted molar refractivity (Wildman–Crippen MR) is 34.8 cm³/mol. The summed E-state index contributed by atoms with van der Waals surface area (Å²) in [5.41, 5.74) is 6.89. The molecule has 0 spiro atoms. The Kier molecular flexibility index (Phi) is 1.92. The highest BCUT2D eigenvalue weighted by atomic mass is 35.5. The summed E-state index contributed by atoms with van der Waals surface area (Å²) in [5, 5.41) is -0.726. The second-order valence-electron chi connectivity index (χ2n) is 1.45. The van der Waals surface area contributed by atoms with Gasteiger partial charge in [0.2, 0.25) is 11.2 Å². The zero-order valence-electron chi connectivity index (χ0n) is 4.53. The van der Waals surface area contributed by atoms with E-state index in [1.807, 2.05) is 0 Å². The zero-order valence-corrected chi connectivity index (χ0v) is 6.04. The van der Waals surface area contributed by atoms with Crippen molar-refractivity contribution >= 4 is 29.0 Å². The van der Waals surface area contributed by atoms with Crippen LogP contribution in [0.1, 0.15) is 0 Å². The molecule has 0 saturated carbocycles. The first-order valence-corrected chi connectivity index (χ1v) is 2.97. The van der Waals surface area contributed by atoms with Crippen LogP contribution in [0.3, 0.4) is 0 Å². The van der Waals surface area contributed by atoms with Crippen LogP contribution in [0.5, 0.6) is 0 Å². The van der Waals surface area contributed by atoms with Crippen molar-refractivity contribution in [3.63, 3.8) is 0 Å². The third-order valence-electron chi connectivity index (χ3n) is 0.784. The number of nitrogens with one attached hydrogen (secondary N) is 1. The molecular formula is C4HCl2FN3. The van der Waals surface area contributed by atoms with Gasteiger partial charge in [-0.15, -0.1) is 0 Å². The molecule has 0 aromatic carbocycles. The van der Waals surface area contributed by atoms with Crippen molar-refractivity contribution in [3.05, 3.63) is 16.3 Å². The lowest BCUT2D eigenvalue weighted by Gasteiger charge is -1.94. The van der Waals surface area contributed by atoms with Crippen molar-refractivity contribution in [1.82, 2.24) is 15.7 Å². The van der Waals surface area contributed by atoms with Crippen LogP contribution in [0, 0.1) is 5.95 Å². The maximum absolute atomic E-state index is 12.4. The van der Waals surface area contributed by atoms with E-state index in [1.54, 1.807) is 0 Å². The standard InChI is InChI=1S/C4HCl2FN3/c5-1-2(7)9-4(6)10-3(1)8/h8H. The molecule has 1 radical (unpaired) electrons. The maximum Gasteiger partial charge on any atom is 0.238 e. The Hall–Kier alpha value is -0.610. The summed E-state index contributed by atoms with van der Waals surface area (Å²) in [6.07, 6.45) is 0. The van der Waals surface area contributed by atoms with Crippen LogP contribution in [0.15, 0.2) is 0 Å². The minimum atomic E-state index is -0.966. The van der Waals surface area contributed by atoms with Gasteiger partial charge in [0.1, 0.15) is 5.02 Å². The molecule has 6 heteroatoms. The number of halogens is 3. The Bertz CT molecular complexity index is 242. The summed E-state index contributed by atoms with van der Waals surface area (Å²) in [6.45, 7) is 0. The van der Waals surface area contributed by atoms with Gasteiger partial charge >= 0.3 is 0 Å². The van der Waals surface area contributed by atoms with Gasteiger partial charge in [-0.2, -0.15) is 14.4 Å². The van der Waals surface area contributed by atoms with Crippen molar-refractivity contribution in [2.24, 2.45) is 0 Å². The second kappa shape index (κ2) is 2.56. The molecule has 0 aliphatic rings. The average Bonchev–Trinajstić information content (AvgIpc) is 1.82. The summed E-state index contributed by atoms with van der Waals surface area (Å²) >= 11 is 10.4. The molecule has 1 rings (SSSR count). The minimum absolute atomic E-state index is 0.313. The molecule has 0 aliphatic heterocycles. The van der Waals surface area contributed by atoms with Gasteiger partial charge in [0.15, 0.2) is 5.82 Å².